The van der Waals surface area contributed by atoms with Crippen LogP contribution in [0.1, 0.15) is 0 Å². The van der Waals surface area contributed by atoms with Crippen molar-refractivity contribution in [3.05, 3.63) is 24.5 Å². The molecule has 2 heterocycles. The number of H-pyrrole nitrogens is 1. The number of imidazole rings is 1. The molecule has 0 spiro atoms. The Hall–Kier alpha value is -1.59. The Morgan fingerprint density at radius 1 is 1.27 bits per heavy atom. The summed E-state index contributed by atoms with van der Waals surface area (Å²) >= 11 is 0. The number of fused-ring (bicyclic) bond motifs is 1. The van der Waals surface area contributed by atoms with E-state index in [2.05, 4.69) is 32.0 Å². The molecule has 0 atom stereocenters. The molecule has 1 aliphatic heterocycles. The van der Waals surface area contributed by atoms with Gasteiger partial charge in [-0.05, 0) is 18.2 Å². The summed E-state index contributed by atoms with van der Waals surface area (Å²) in [6, 6.07) is 6.10. The minimum atomic E-state index is 0.172. The van der Waals surface area contributed by atoms with Crippen molar-refractivity contribution in [2.75, 3.05) is 18.4 Å². The van der Waals surface area contributed by atoms with Crippen LogP contribution in [0.3, 0.4) is 0 Å². The fourth-order valence-electron chi connectivity index (χ4n) is 1.80. The molecule has 0 unspecified atom stereocenters. The number of benzene rings is 1. The van der Waals surface area contributed by atoms with Gasteiger partial charge in [0.15, 0.2) is 0 Å². The third-order valence-electron chi connectivity index (χ3n) is 2.55. The SMILES string of the molecule is c1nc2ccc(NC3NCCN3)cc2[nH]1. The summed E-state index contributed by atoms with van der Waals surface area (Å²) in [7, 11) is 0. The minimum Gasteiger partial charge on any atom is -0.358 e. The molecule has 5 nitrogen and oxygen atoms in total. The molecular weight excluding hydrogens is 190 g/mol. The topological polar surface area (TPSA) is 64.8 Å². The van der Waals surface area contributed by atoms with E-state index in [9.17, 15) is 0 Å². The maximum atomic E-state index is 4.18. The van der Waals surface area contributed by atoms with E-state index in [0.717, 1.165) is 29.8 Å². The van der Waals surface area contributed by atoms with E-state index >= 15 is 0 Å². The van der Waals surface area contributed by atoms with Crippen molar-refractivity contribution in [1.82, 2.24) is 20.6 Å². The molecule has 15 heavy (non-hydrogen) atoms. The van der Waals surface area contributed by atoms with Gasteiger partial charge in [0.25, 0.3) is 0 Å². The quantitative estimate of drug-likeness (QED) is 0.572. The first kappa shape index (κ1) is 8.70. The first-order valence-electron chi connectivity index (χ1n) is 5.08. The molecule has 5 heteroatoms. The molecule has 0 bridgehead atoms. The molecule has 0 amide bonds. The normalized spacial score (nSPS) is 17.3. The first-order chi connectivity index (χ1) is 7.42. The summed E-state index contributed by atoms with van der Waals surface area (Å²) in [5.41, 5.74) is 3.13. The van der Waals surface area contributed by atoms with Crippen LogP contribution in [0.2, 0.25) is 0 Å². The Morgan fingerprint density at radius 3 is 3.00 bits per heavy atom. The lowest BCUT2D eigenvalue weighted by Gasteiger charge is -2.14. The maximum Gasteiger partial charge on any atom is 0.132 e. The van der Waals surface area contributed by atoms with Crippen molar-refractivity contribution in [1.29, 1.82) is 0 Å². The number of aromatic nitrogens is 2. The molecule has 0 radical (unpaired) electrons. The number of anilines is 1. The lowest BCUT2D eigenvalue weighted by molar-refractivity contribution is 0.621. The van der Waals surface area contributed by atoms with Crippen molar-refractivity contribution in [3.63, 3.8) is 0 Å². The smallest absolute Gasteiger partial charge is 0.132 e. The Kier molecular flexibility index (Phi) is 2.04. The fraction of sp³-hybridized carbons (Fsp3) is 0.300. The number of nitrogens with zero attached hydrogens (tertiary/aromatic N) is 1. The molecule has 2 aromatic rings. The molecule has 0 saturated carbocycles. The van der Waals surface area contributed by atoms with Crippen LogP contribution in [0, 0.1) is 0 Å². The summed E-state index contributed by atoms with van der Waals surface area (Å²) in [4.78, 5) is 7.27. The molecule has 78 valence electrons. The second-order valence-corrected chi connectivity index (χ2v) is 3.62. The number of rotatable bonds is 2. The van der Waals surface area contributed by atoms with Crippen LogP contribution in [0.4, 0.5) is 5.69 Å². The fourth-order valence-corrected chi connectivity index (χ4v) is 1.80. The van der Waals surface area contributed by atoms with Crippen LogP contribution in [-0.4, -0.2) is 29.3 Å². The van der Waals surface area contributed by atoms with Crippen molar-refractivity contribution in [3.8, 4) is 0 Å². The molecule has 1 saturated heterocycles. The van der Waals surface area contributed by atoms with Crippen LogP contribution in [-0.2, 0) is 0 Å². The zero-order chi connectivity index (χ0) is 10.1. The van der Waals surface area contributed by atoms with Crippen molar-refractivity contribution < 1.29 is 0 Å². The highest BCUT2D eigenvalue weighted by atomic mass is 15.3. The average molecular weight is 203 g/mol. The first-order valence-corrected chi connectivity index (χ1v) is 5.08. The van der Waals surface area contributed by atoms with Crippen LogP contribution in [0.15, 0.2) is 24.5 Å². The molecule has 3 rings (SSSR count). The lowest BCUT2D eigenvalue weighted by Crippen LogP contribution is -2.38. The zero-order valence-electron chi connectivity index (χ0n) is 8.25. The van der Waals surface area contributed by atoms with Gasteiger partial charge in [0.05, 0.1) is 17.4 Å². The van der Waals surface area contributed by atoms with Gasteiger partial charge in [-0.3, -0.25) is 10.6 Å². The Morgan fingerprint density at radius 2 is 2.13 bits per heavy atom. The van der Waals surface area contributed by atoms with Gasteiger partial charge >= 0.3 is 0 Å². The highest BCUT2D eigenvalue weighted by Crippen LogP contribution is 2.15. The number of nitrogens with one attached hydrogen (secondary N) is 4. The summed E-state index contributed by atoms with van der Waals surface area (Å²) in [5.74, 6) is 0. The average Bonchev–Trinajstić information content (AvgIpc) is 2.87. The van der Waals surface area contributed by atoms with Gasteiger partial charge in [-0.2, -0.15) is 0 Å². The van der Waals surface area contributed by atoms with Gasteiger partial charge in [0.2, 0.25) is 0 Å². The molecular formula is C10H13N5. The largest absolute Gasteiger partial charge is 0.358 e. The second kappa shape index (κ2) is 3.52. The van der Waals surface area contributed by atoms with E-state index in [4.69, 9.17) is 0 Å². The van der Waals surface area contributed by atoms with E-state index < -0.39 is 0 Å². The number of hydrogen-bond acceptors (Lipinski definition) is 4. The van der Waals surface area contributed by atoms with Crippen molar-refractivity contribution >= 4 is 16.7 Å². The lowest BCUT2D eigenvalue weighted by atomic mass is 10.3. The predicted octanol–water partition coefficient (Wildman–Crippen LogP) is 0.451. The van der Waals surface area contributed by atoms with E-state index in [-0.39, 0.29) is 6.29 Å². The molecule has 4 N–H and O–H groups in total. The van der Waals surface area contributed by atoms with E-state index in [0.29, 0.717) is 0 Å². The van der Waals surface area contributed by atoms with Crippen molar-refractivity contribution in [2.45, 2.75) is 6.29 Å². The van der Waals surface area contributed by atoms with E-state index in [1.807, 2.05) is 12.1 Å². The van der Waals surface area contributed by atoms with Gasteiger partial charge in [0, 0.05) is 18.8 Å². The Balaban J connectivity index is 1.84. The maximum absolute atomic E-state index is 4.18. The summed E-state index contributed by atoms with van der Waals surface area (Å²) < 4.78 is 0. The highest BCUT2D eigenvalue weighted by molar-refractivity contribution is 5.78. The van der Waals surface area contributed by atoms with Crippen LogP contribution >= 0.6 is 0 Å². The zero-order valence-corrected chi connectivity index (χ0v) is 8.25. The van der Waals surface area contributed by atoms with Gasteiger partial charge < -0.3 is 10.3 Å². The molecule has 1 aromatic heterocycles. The Bertz CT molecular complexity index is 458. The predicted molar refractivity (Wildman–Crippen MR) is 59.5 cm³/mol. The monoisotopic (exact) mass is 203 g/mol. The van der Waals surface area contributed by atoms with Crippen LogP contribution < -0.4 is 16.0 Å². The van der Waals surface area contributed by atoms with Gasteiger partial charge in [-0.15, -0.1) is 0 Å². The standard InChI is InChI=1S/C10H13N5/c1-2-8-9(14-6-13-8)5-7(1)15-10-11-3-4-12-10/h1-2,5-6,10-12,15H,3-4H2,(H,13,14). The summed E-state index contributed by atoms with van der Waals surface area (Å²) in [6.45, 7) is 2.01. The van der Waals surface area contributed by atoms with Crippen LogP contribution in [0.5, 0.6) is 0 Å². The highest BCUT2D eigenvalue weighted by Gasteiger charge is 2.11. The number of hydrogen-bond donors (Lipinski definition) is 4. The number of aromatic amines is 1. The second-order valence-electron chi connectivity index (χ2n) is 3.62. The van der Waals surface area contributed by atoms with E-state index in [1.165, 1.54) is 0 Å². The van der Waals surface area contributed by atoms with Gasteiger partial charge in [0.1, 0.15) is 6.29 Å². The van der Waals surface area contributed by atoms with E-state index in [1.54, 1.807) is 6.33 Å². The minimum absolute atomic E-state index is 0.172. The molecule has 1 aliphatic rings. The van der Waals surface area contributed by atoms with Gasteiger partial charge in [-0.25, -0.2) is 4.98 Å². The molecule has 1 aromatic carbocycles. The third-order valence-corrected chi connectivity index (χ3v) is 2.55. The Labute approximate surface area is 87.3 Å². The third kappa shape index (κ3) is 1.67. The summed E-state index contributed by atoms with van der Waals surface area (Å²) in [5, 5.41) is 9.95. The molecule has 1 fully saturated rings. The summed E-state index contributed by atoms with van der Waals surface area (Å²) in [6.07, 6.45) is 1.88. The van der Waals surface area contributed by atoms with Crippen LogP contribution in [0.25, 0.3) is 11.0 Å². The van der Waals surface area contributed by atoms with Crippen molar-refractivity contribution in [2.24, 2.45) is 0 Å². The van der Waals surface area contributed by atoms with Gasteiger partial charge in [-0.1, -0.05) is 0 Å². The molecule has 0 aliphatic carbocycles.